The number of nitrogens with zero attached hydrogens (tertiary/aromatic N) is 2. The lowest BCUT2D eigenvalue weighted by Crippen LogP contribution is -2.19. The Labute approximate surface area is 155 Å². The Bertz CT molecular complexity index is 1030. The lowest BCUT2D eigenvalue weighted by molar-refractivity contribution is 0.132. The topological polar surface area (TPSA) is 64.1 Å². The van der Waals surface area contributed by atoms with Crippen molar-refractivity contribution in [2.24, 2.45) is 0 Å². The molecular formula is C21H14FN3O2. The van der Waals surface area contributed by atoms with Crippen molar-refractivity contribution in [2.45, 2.75) is 12.1 Å². The van der Waals surface area contributed by atoms with E-state index in [1.165, 1.54) is 12.1 Å². The second-order valence-electron chi connectivity index (χ2n) is 5.97. The summed E-state index contributed by atoms with van der Waals surface area (Å²) in [7, 11) is 0. The van der Waals surface area contributed by atoms with Gasteiger partial charge >= 0.3 is 6.09 Å². The van der Waals surface area contributed by atoms with Crippen molar-refractivity contribution in [1.29, 1.82) is 0 Å². The molecule has 2 aromatic heterocycles. The van der Waals surface area contributed by atoms with Gasteiger partial charge in [-0.2, -0.15) is 0 Å². The van der Waals surface area contributed by atoms with E-state index in [1.54, 1.807) is 30.7 Å². The first-order valence-corrected chi connectivity index (χ1v) is 8.30. The van der Waals surface area contributed by atoms with Gasteiger partial charge < -0.3 is 10.1 Å². The molecule has 0 saturated carbocycles. The molecule has 0 spiro atoms. The fourth-order valence-electron chi connectivity index (χ4n) is 2.86. The molecule has 1 aliphatic heterocycles. The summed E-state index contributed by atoms with van der Waals surface area (Å²) in [4.78, 5) is 20.2. The van der Waals surface area contributed by atoms with Gasteiger partial charge in [0.1, 0.15) is 17.6 Å². The highest BCUT2D eigenvalue weighted by Crippen LogP contribution is 2.36. The van der Waals surface area contributed by atoms with Crippen molar-refractivity contribution >= 4 is 6.09 Å². The average Bonchev–Trinajstić information content (AvgIpc) is 3.10. The monoisotopic (exact) mass is 359 g/mol. The zero-order valence-corrected chi connectivity index (χ0v) is 14.1. The zero-order valence-electron chi connectivity index (χ0n) is 14.1. The highest BCUT2D eigenvalue weighted by molar-refractivity contribution is 5.71. The van der Waals surface area contributed by atoms with Crippen LogP contribution in [0.1, 0.15) is 34.5 Å². The van der Waals surface area contributed by atoms with E-state index in [9.17, 15) is 9.18 Å². The van der Waals surface area contributed by atoms with E-state index in [0.717, 1.165) is 5.56 Å². The van der Waals surface area contributed by atoms with Crippen LogP contribution >= 0.6 is 0 Å². The summed E-state index contributed by atoms with van der Waals surface area (Å²) in [5.41, 5.74) is 2.80. The average molecular weight is 359 g/mol. The highest BCUT2D eigenvalue weighted by Gasteiger charge is 2.36. The summed E-state index contributed by atoms with van der Waals surface area (Å²) in [5, 5.41) is 2.78. The minimum absolute atomic E-state index is 0.346. The maximum absolute atomic E-state index is 13.2. The molecule has 6 heteroatoms. The molecule has 1 aliphatic rings. The predicted molar refractivity (Wildman–Crippen MR) is 96.0 cm³/mol. The largest absolute Gasteiger partial charge is 0.439 e. The number of ether oxygens (including phenoxy) is 1. The maximum atomic E-state index is 13.2. The van der Waals surface area contributed by atoms with Gasteiger partial charge in [0.15, 0.2) is 6.10 Å². The number of aromatic nitrogens is 2. The van der Waals surface area contributed by atoms with E-state index in [0.29, 0.717) is 16.8 Å². The molecule has 0 aliphatic carbocycles. The molecule has 2 atom stereocenters. The Morgan fingerprint density at radius 1 is 1.04 bits per heavy atom. The fraction of sp³-hybridized carbons (Fsp3) is 0.0952. The summed E-state index contributed by atoms with van der Waals surface area (Å²) in [6.45, 7) is 0. The molecule has 1 N–H and O–H groups in total. The Balaban J connectivity index is 1.63. The predicted octanol–water partition coefficient (Wildman–Crippen LogP) is 3.54. The third-order valence-corrected chi connectivity index (χ3v) is 4.13. The van der Waals surface area contributed by atoms with Crippen LogP contribution in [0.2, 0.25) is 0 Å². The first-order valence-electron chi connectivity index (χ1n) is 8.30. The Morgan fingerprint density at radius 2 is 1.89 bits per heavy atom. The van der Waals surface area contributed by atoms with Gasteiger partial charge in [-0.15, -0.1) is 0 Å². The van der Waals surface area contributed by atoms with Gasteiger partial charge in [-0.25, -0.2) is 14.2 Å². The van der Waals surface area contributed by atoms with Crippen molar-refractivity contribution in [1.82, 2.24) is 15.3 Å². The van der Waals surface area contributed by atoms with E-state index < -0.39 is 18.2 Å². The lowest BCUT2D eigenvalue weighted by Gasteiger charge is -2.17. The van der Waals surface area contributed by atoms with E-state index >= 15 is 0 Å². The molecule has 1 fully saturated rings. The molecule has 0 unspecified atom stereocenters. The van der Waals surface area contributed by atoms with Crippen LogP contribution in [0.5, 0.6) is 0 Å². The molecule has 132 valence electrons. The van der Waals surface area contributed by atoms with Crippen LogP contribution in [-0.2, 0) is 4.74 Å². The number of carbonyl (C=O) groups excluding carboxylic acids is 1. The summed E-state index contributed by atoms with van der Waals surface area (Å²) < 4.78 is 18.6. The second kappa shape index (κ2) is 7.26. The Morgan fingerprint density at radius 3 is 2.67 bits per heavy atom. The van der Waals surface area contributed by atoms with Crippen molar-refractivity contribution in [3.05, 3.63) is 95.3 Å². The normalized spacial score (nSPS) is 18.2. The quantitative estimate of drug-likeness (QED) is 0.711. The fourth-order valence-corrected chi connectivity index (χ4v) is 2.86. The van der Waals surface area contributed by atoms with E-state index in [1.807, 2.05) is 24.3 Å². The number of nitrogens with one attached hydrogen (secondary N) is 1. The first kappa shape index (κ1) is 16.7. The number of carbonyl (C=O) groups is 1. The van der Waals surface area contributed by atoms with Crippen LogP contribution < -0.4 is 5.32 Å². The smallest absolute Gasteiger partial charge is 0.408 e. The van der Waals surface area contributed by atoms with Crippen molar-refractivity contribution < 1.29 is 13.9 Å². The van der Waals surface area contributed by atoms with Gasteiger partial charge in [-0.3, -0.25) is 4.98 Å². The summed E-state index contributed by atoms with van der Waals surface area (Å²) >= 11 is 0. The molecule has 1 saturated heterocycles. The van der Waals surface area contributed by atoms with E-state index in [4.69, 9.17) is 4.74 Å². The van der Waals surface area contributed by atoms with Crippen LogP contribution in [0.3, 0.4) is 0 Å². The van der Waals surface area contributed by atoms with Gasteiger partial charge in [0.25, 0.3) is 0 Å². The Hall–Kier alpha value is -3.72. The molecule has 1 amide bonds. The zero-order chi connectivity index (χ0) is 18.6. The number of hydrogen-bond donors (Lipinski definition) is 1. The first-order chi connectivity index (χ1) is 13.2. The summed E-state index contributed by atoms with van der Waals surface area (Å²) in [5.74, 6) is 5.65. The van der Waals surface area contributed by atoms with E-state index in [-0.39, 0.29) is 5.82 Å². The number of amides is 1. The molecule has 4 rings (SSSR count). The van der Waals surface area contributed by atoms with Crippen molar-refractivity contribution in [3.8, 4) is 11.8 Å². The van der Waals surface area contributed by atoms with Gasteiger partial charge in [-0.05, 0) is 47.4 Å². The van der Waals surface area contributed by atoms with Gasteiger partial charge in [0.2, 0.25) is 0 Å². The minimum Gasteiger partial charge on any atom is -0.439 e. The second-order valence-corrected chi connectivity index (χ2v) is 5.97. The number of rotatable bonds is 2. The molecule has 27 heavy (non-hydrogen) atoms. The van der Waals surface area contributed by atoms with Crippen LogP contribution in [-0.4, -0.2) is 16.1 Å². The molecule has 3 heterocycles. The standard InChI is InChI=1S/C21H14FN3O2/c22-17-7-5-15(6-8-17)20-19(25-21(26)27-20)16-11-14(12-23-13-16)4-9-18-3-1-2-10-24-18/h1-3,5-8,10-13,19-20H,(H,25,26)/t19-,20-/m1/s1. The van der Waals surface area contributed by atoms with Gasteiger partial charge in [0.05, 0.1) is 0 Å². The molecule has 1 aromatic carbocycles. The molecular weight excluding hydrogens is 345 g/mol. The van der Waals surface area contributed by atoms with Gasteiger partial charge in [0, 0.05) is 24.2 Å². The number of alkyl carbamates (subject to hydrolysis) is 1. The number of hydrogen-bond acceptors (Lipinski definition) is 4. The SMILES string of the molecule is O=C1N[C@H](c2cncc(C#Cc3ccccn3)c2)[C@@H](c2ccc(F)cc2)O1. The molecule has 5 nitrogen and oxygen atoms in total. The number of pyridine rings is 2. The van der Waals surface area contributed by atoms with E-state index in [2.05, 4.69) is 27.1 Å². The number of cyclic esters (lactones) is 1. The van der Waals surface area contributed by atoms with Crippen LogP contribution in [0.25, 0.3) is 0 Å². The van der Waals surface area contributed by atoms with Gasteiger partial charge in [-0.1, -0.05) is 24.1 Å². The van der Waals surface area contributed by atoms with Crippen molar-refractivity contribution in [3.63, 3.8) is 0 Å². The summed E-state index contributed by atoms with van der Waals surface area (Å²) in [6, 6.07) is 12.8. The van der Waals surface area contributed by atoms with Crippen molar-refractivity contribution in [2.75, 3.05) is 0 Å². The Kier molecular flexibility index (Phi) is 4.50. The number of benzene rings is 1. The third-order valence-electron chi connectivity index (χ3n) is 4.13. The maximum Gasteiger partial charge on any atom is 0.408 e. The summed E-state index contributed by atoms with van der Waals surface area (Å²) in [6.07, 6.45) is 3.88. The molecule has 0 bridgehead atoms. The molecule has 0 radical (unpaired) electrons. The van der Waals surface area contributed by atoms with Crippen LogP contribution in [0.4, 0.5) is 9.18 Å². The number of halogens is 1. The molecule has 3 aromatic rings. The van der Waals surface area contributed by atoms with Crippen LogP contribution in [0.15, 0.2) is 67.1 Å². The lowest BCUT2D eigenvalue weighted by atomic mass is 9.97. The minimum atomic E-state index is -0.570. The highest BCUT2D eigenvalue weighted by atomic mass is 19.1. The van der Waals surface area contributed by atoms with Crippen LogP contribution in [0, 0.1) is 17.7 Å². The third kappa shape index (κ3) is 3.77.